The van der Waals surface area contributed by atoms with E-state index in [1.165, 1.54) is 32.4 Å². The summed E-state index contributed by atoms with van der Waals surface area (Å²) >= 11 is 3.49. The summed E-state index contributed by atoms with van der Waals surface area (Å²) in [6, 6.07) is 9.13. The van der Waals surface area contributed by atoms with Crippen molar-refractivity contribution in [1.29, 1.82) is 0 Å². The number of carbonyl (C=O) groups is 4. The van der Waals surface area contributed by atoms with E-state index in [4.69, 9.17) is 13.8 Å². The molecule has 2 aromatic heterocycles. The summed E-state index contributed by atoms with van der Waals surface area (Å²) in [7, 11) is 2.04. The molecular formula is C48H53BrF2N11O8P. The van der Waals surface area contributed by atoms with Crippen molar-refractivity contribution in [3.63, 3.8) is 0 Å². The Morgan fingerprint density at radius 2 is 1.56 bits per heavy atom. The SMILES string of the molecule is COc1cc(N2CCN(CCC3(C)CCN(c4cc5c(cc4F)C(=O)N(C4CCC(=O)NC4=O)C5=O)CC3)CC2)c(-c2cnn(C)c2)cc1Nc1ncc(Br)c(Nc2ccc(F)cc2P(=O)(OC)OC)n1. The van der Waals surface area contributed by atoms with Gasteiger partial charge in [0.05, 0.1) is 51.3 Å². The Bertz CT molecular complexity index is 2970. The number of nitrogens with zero attached hydrogens (tertiary/aromatic N) is 8. The van der Waals surface area contributed by atoms with Gasteiger partial charge in [0.2, 0.25) is 17.8 Å². The van der Waals surface area contributed by atoms with Crippen LogP contribution in [0.15, 0.2) is 65.5 Å². The zero-order valence-electron chi connectivity index (χ0n) is 39.8. The highest BCUT2D eigenvalue weighted by atomic mass is 79.9. The number of hydrogen-bond donors (Lipinski definition) is 3. The molecule has 0 radical (unpaired) electrons. The van der Waals surface area contributed by atoms with E-state index in [0.717, 1.165) is 85.8 Å². The van der Waals surface area contributed by atoms with Gasteiger partial charge in [0.15, 0.2) is 0 Å². The molecule has 71 heavy (non-hydrogen) atoms. The van der Waals surface area contributed by atoms with E-state index in [9.17, 15) is 28.1 Å². The fourth-order valence-electron chi connectivity index (χ4n) is 9.66. The molecule has 4 aliphatic rings. The monoisotopic (exact) mass is 1060 g/mol. The molecular weight excluding hydrogens is 1010 g/mol. The number of methoxy groups -OCH3 is 1. The summed E-state index contributed by atoms with van der Waals surface area (Å²) in [4.78, 5) is 67.7. The van der Waals surface area contributed by atoms with Crippen LogP contribution in [0.3, 0.4) is 0 Å². The average Bonchev–Trinajstić information content (AvgIpc) is 3.90. The zero-order valence-corrected chi connectivity index (χ0v) is 42.2. The van der Waals surface area contributed by atoms with Crippen LogP contribution in [0.25, 0.3) is 11.1 Å². The van der Waals surface area contributed by atoms with Gasteiger partial charge in [0, 0.05) is 102 Å². The van der Waals surface area contributed by atoms with E-state index in [0.29, 0.717) is 34.8 Å². The van der Waals surface area contributed by atoms with Gasteiger partial charge in [0.1, 0.15) is 29.2 Å². The highest BCUT2D eigenvalue weighted by Gasteiger charge is 2.46. The maximum absolute atomic E-state index is 15.7. The standard InChI is InChI=1S/C48H53BrF2N11O8P/c1-48(11-14-60(15-12-48)39-23-32-31(21-34(39)51)45(65)62(46(32)66)37-8-9-42(63)56-44(37)64)10-13-59-16-18-61(19-17-59)38-24-40(68-3)36(22-30(38)28-25-53-58(2)27-28)55-47-52-26-33(49)43(57-47)54-35-7-6-29(50)20-41(35)71(67,69-4)70-5/h6-7,20-27,37H,8-19H2,1-5H3,(H,56,63,64)(H2,52,54,55,57). The van der Waals surface area contributed by atoms with Gasteiger partial charge in [-0.2, -0.15) is 10.1 Å². The van der Waals surface area contributed by atoms with Gasteiger partial charge in [-0.1, -0.05) is 6.92 Å². The first-order valence-corrected chi connectivity index (χ1v) is 25.4. The fraction of sp³-hybridized carbons (Fsp3) is 0.396. The molecule has 23 heteroatoms. The molecule has 3 aromatic carbocycles. The number of nitrogens with one attached hydrogen (secondary N) is 3. The number of aromatic nitrogens is 4. The van der Waals surface area contributed by atoms with Crippen molar-refractivity contribution < 1.29 is 46.3 Å². The summed E-state index contributed by atoms with van der Waals surface area (Å²) in [5.74, 6) is -2.74. The normalized spacial score (nSPS) is 18.5. The maximum Gasteiger partial charge on any atom is 0.363 e. The Morgan fingerprint density at radius 3 is 2.23 bits per heavy atom. The van der Waals surface area contributed by atoms with Crippen LogP contribution in [0.5, 0.6) is 5.75 Å². The van der Waals surface area contributed by atoms with Crippen LogP contribution in [0.4, 0.5) is 43.3 Å². The first-order valence-electron chi connectivity index (χ1n) is 23.1. The number of benzene rings is 3. The van der Waals surface area contributed by atoms with Crippen LogP contribution in [-0.4, -0.2) is 126 Å². The van der Waals surface area contributed by atoms with Crippen molar-refractivity contribution in [2.75, 3.05) is 87.6 Å². The summed E-state index contributed by atoms with van der Waals surface area (Å²) < 4.78 is 61.9. The minimum Gasteiger partial charge on any atom is -0.494 e. The lowest BCUT2D eigenvalue weighted by Crippen LogP contribution is -2.54. The number of piperazine rings is 1. The fourth-order valence-corrected chi connectivity index (χ4v) is 11.2. The summed E-state index contributed by atoms with van der Waals surface area (Å²) in [6.45, 7) is 7.44. The van der Waals surface area contributed by atoms with Gasteiger partial charge in [-0.3, -0.25) is 43.5 Å². The quantitative estimate of drug-likeness (QED) is 0.0733. The van der Waals surface area contributed by atoms with Crippen molar-refractivity contribution in [2.45, 2.75) is 45.1 Å². The third kappa shape index (κ3) is 10.00. The molecule has 0 aliphatic carbocycles. The van der Waals surface area contributed by atoms with Gasteiger partial charge in [0.25, 0.3) is 11.8 Å². The Labute approximate surface area is 416 Å². The molecule has 3 saturated heterocycles. The second-order valence-corrected chi connectivity index (χ2v) is 21.4. The third-order valence-electron chi connectivity index (χ3n) is 13.9. The molecule has 6 heterocycles. The number of fused-ring (bicyclic) bond motifs is 1. The molecule has 19 nitrogen and oxygen atoms in total. The molecule has 1 unspecified atom stereocenters. The number of halogens is 3. The minimum atomic E-state index is -3.86. The van der Waals surface area contributed by atoms with Gasteiger partial charge in [-0.15, -0.1) is 0 Å². The average molecular weight is 1060 g/mol. The summed E-state index contributed by atoms with van der Waals surface area (Å²) in [5, 5.41) is 13.1. The molecule has 9 rings (SSSR count). The van der Waals surface area contributed by atoms with E-state index in [1.807, 2.05) is 36.5 Å². The van der Waals surface area contributed by atoms with Crippen LogP contribution in [0.1, 0.15) is 59.7 Å². The third-order valence-corrected chi connectivity index (χ3v) is 16.4. The second kappa shape index (κ2) is 20.1. The van der Waals surface area contributed by atoms with Gasteiger partial charge >= 0.3 is 7.60 Å². The van der Waals surface area contributed by atoms with Crippen molar-refractivity contribution in [1.82, 2.24) is 34.9 Å². The van der Waals surface area contributed by atoms with Crippen molar-refractivity contribution in [3.8, 4) is 16.9 Å². The lowest BCUT2D eigenvalue weighted by molar-refractivity contribution is -0.136. The number of aryl methyl sites for hydroxylation is 1. The molecule has 0 spiro atoms. The Hall–Kier alpha value is -6.32. The van der Waals surface area contributed by atoms with Crippen LogP contribution >= 0.6 is 23.5 Å². The molecule has 374 valence electrons. The Morgan fingerprint density at radius 1 is 0.859 bits per heavy atom. The molecule has 5 aromatic rings. The Kier molecular flexibility index (Phi) is 14.0. The van der Waals surface area contributed by atoms with E-state index in [1.54, 1.807) is 18.0 Å². The number of ether oxygens (including phenoxy) is 1. The van der Waals surface area contributed by atoms with Gasteiger partial charge in [-0.25, -0.2) is 13.8 Å². The molecule has 4 aliphatic heterocycles. The molecule has 4 amide bonds. The molecule has 1 atom stereocenters. The smallest absolute Gasteiger partial charge is 0.363 e. The molecule has 3 N–H and O–H groups in total. The predicted octanol–water partition coefficient (Wildman–Crippen LogP) is 6.74. The Balaban J connectivity index is 0.846. The number of amides is 4. The van der Waals surface area contributed by atoms with E-state index < -0.39 is 48.9 Å². The maximum atomic E-state index is 15.7. The van der Waals surface area contributed by atoms with Crippen LogP contribution < -0.4 is 35.8 Å². The largest absolute Gasteiger partial charge is 0.494 e. The van der Waals surface area contributed by atoms with E-state index >= 15 is 4.39 Å². The molecule has 0 bridgehead atoms. The van der Waals surface area contributed by atoms with Crippen molar-refractivity contribution in [2.24, 2.45) is 12.5 Å². The lowest BCUT2D eigenvalue weighted by atomic mass is 9.77. The highest BCUT2D eigenvalue weighted by molar-refractivity contribution is 9.10. The van der Waals surface area contributed by atoms with Crippen molar-refractivity contribution in [3.05, 3.63) is 88.3 Å². The van der Waals surface area contributed by atoms with Crippen LogP contribution in [0.2, 0.25) is 0 Å². The van der Waals surface area contributed by atoms with Crippen molar-refractivity contribution >= 4 is 87.0 Å². The first kappa shape index (κ1) is 49.7. The van der Waals surface area contributed by atoms with Gasteiger partial charge < -0.3 is 34.2 Å². The summed E-state index contributed by atoms with van der Waals surface area (Å²) in [5.41, 5.74) is 3.86. The van der Waals surface area contributed by atoms with Crippen LogP contribution in [0, 0.1) is 17.0 Å². The van der Waals surface area contributed by atoms with E-state index in [2.05, 4.69) is 63.7 Å². The second-order valence-electron chi connectivity index (χ2n) is 18.3. The highest BCUT2D eigenvalue weighted by Crippen LogP contribution is 2.48. The van der Waals surface area contributed by atoms with Gasteiger partial charge in [-0.05, 0) is 90.0 Å². The minimum absolute atomic E-state index is 0.00175. The topological polar surface area (TPSA) is 206 Å². The molecule has 0 saturated carbocycles. The predicted molar refractivity (Wildman–Crippen MR) is 265 cm³/mol. The number of hydrogen-bond acceptors (Lipinski definition) is 16. The number of anilines is 6. The first-order chi connectivity index (χ1) is 34.0. The zero-order chi connectivity index (χ0) is 50.4. The number of carbonyl (C=O) groups excluding carboxylic acids is 4. The van der Waals surface area contributed by atoms with Crippen LogP contribution in [-0.2, 0) is 30.2 Å². The number of piperidine rings is 2. The number of imide groups is 2. The van der Waals surface area contributed by atoms with E-state index in [-0.39, 0.29) is 52.0 Å². The summed E-state index contributed by atoms with van der Waals surface area (Å²) in [6.07, 6.45) is 7.88. The lowest BCUT2D eigenvalue weighted by Gasteiger charge is -2.43. The number of rotatable bonds is 15. The molecule has 3 fully saturated rings.